The van der Waals surface area contributed by atoms with E-state index in [9.17, 15) is 32.7 Å². The number of fused-ring (bicyclic) bond motifs is 4. The number of aliphatic carboxylic acids is 1. The van der Waals surface area contributed by atoms with Crippen molar-refractivity contribution in [2.45, 2.75) is 140 Å². The van der Waals surface area contributed by atoms with Crippen molar-refractivity contribution in [1.82, 2.24) is 35.1 Å². The van der Waals surface area contributed by atoms with Crippen molar-refractivity contribution in [3.05, 3.63) is 59.5 Å². The summed E-state index contributed by atoms with van der Waals surface area (Å²) >= 11 is 1.44. The molecule has 0 spiro atoms. The molecule has 18 nitrogen and oxygen atoms in total. The first kappa shape index (κ1) is 48.4. The molecule has 6 atom stereocenters. The fourth-order valence-corrected chi connectivity index (χ4v) is 12.0. The number of ether oxygens (including phenoxy) is 2. The summed E-state index contributed by atoms with van der Waals surface area (Å²) in [7, 11) is -2.64. The maximum Gasteiger partial charge on any atom is 0.329 e. The van der Waals surface area contributed by atoms with Gasteiger partial charge >= 0.3 is 12.0 Å². The van der Waals surface area contributed by atoms with Crippen LogP contribution in [0.4, 0.5) is 9.93 Å². The van der Waals surface area contributed by atoms with Crippen molar-refractivity contribution in [1.29, 1.82) is 0 Å². The summed E-state index contributed by atoms with van der Waals surface area (Å²) in [6.45, 7) is 8.85. The zero-order valence-electron chi connectivity index (χ0n) is 39.2. The molecule has 5 heterocycles. The van der Waals surface area contributed by atoms with Gasteiger partial charge in [0.25, 0.3) is 15.9 Å². The Morgan fingerprint density at radius 2 is 1.72 bits per heavy atom. The lowest BCUT2D eigenvalue weighted by Gasteiger charge is -2.34. The molecule has 8 rings (SSSR count). The van der Waals surface area contributed by atoms with Gasteiger partial charge in [-0.15, -0.1) is 11.3 Å². The van der Waals surface area contributed by atoms with Crippen molar-refractivity contribution in [3.8, 4) is 22.9 Å². The number of anilines is 1. The molecule has 364 valence electrons. The molecule has 68 heavy (non-hydrogen) atoms. The number of sulfonamides is 1. The molecule has 3 fully saturated rings. The predicted octanol–water partition coefficient (Wildman–Crippen LogP) is 6.05. The fraction of sp³-hybridized carbons (Fsp3) is 0.521. The highest BCUT2D eigenvalue weighted by molar-refractivity contribution is 7.90. The second-order valence-corrected chi connectivity index (χ2v) is 22.3. The number of pyridine rings is 1. The zero-order chi connectivity index (χ0) is 48.7. The molecule has 4 aromatic rings. The average Bonchev–Trinajstić information content (AvgIpc) is 3.53. The van der Waals surface area contributed by atoms with Crippen LogP contribution in [0.3, 0.4) is 0 Å². The molecule has 0 bridgehead atoms. The van der Waals surface area contributed by atoms with Crippen LogP contribution in [0.15, 0.2) is 58.8 Å². The van der Waals surface area contributed by atoms with Crippen LogP contribution in [-0.2, 0) is 35.7 Å². The minimum atomic E-state index is -4.19. The minimum Gasteiger partial charge on any atom is -0.497 e. The Balaban J connectivity index is 1.09. The van der Waals surface area contributed by atoms with Crippen LogP contribution in [0, 0.1) is 11.3 Å². The molecule has 5 N–H and O–H groups in total. The van der Waals surface area contributed by atoms with Crippen LogP contribution in [0.5, 0.6) is 11.5 Å². The number of carboxylic acid groups (broad SMARTS) is 1. The molecule has 2 aromatic heterocycles. The molecule has 20 heteroatoms. The number of hydrogen-bond donors (Lipinski definition) is 5. The SMILES string of the molecule is COc1ccc2c(O[C@@H]3C[C@H]4C(=O)N[C@]5(C(=O)O)CC5CCCCCCC[C@H](NC(=O)N[C@H](C(=O)N5Cc6ccccc6S5(=O)=O)C(C)(C)C)C(=O)N4C3)cc(-c3csc(NC(C)C)n3)nc2c1. The Labute approximate surface area is 400 Å². The van der Waals surface area contributed by atoms with Gasteiger partial charge in [-0.2, -0.15) is 0 Å². The number of carbonyl (C=O) groups is 5. The number of urea groups is 1. The lowest BCUT2D eigenvalue weighted by atomic mass is 9.86. The van der Waals surface area contributed by atoms with Gasteiger partial charge in [0, 0.05) is 35.4 Å². The van der Waals surface area contributed by atoms with Gasteiger partial charge in [0.05, 0.1) is 36.3 Å². The molecule has 1 aliphatic carbocycles. The number of methoxy groups -OCH3 is 1. The summed E-state index contributed by atoms with van der Waals surface area (Å²) in [5.41, 5.74) is -0.289. The first-order valence-electron chi connectivity index (χ1n) is 23.2. The summed E-state index contributed by atoms with van der Waals surface area (Å²) < 4.78 is 40.2. The summed E-state index contributed by atoms with van der Waals surface area (Å²) in [6, 6.07) is 9.07. The van der Waals surface area contributed by atoms with Gasteiger partial charge in [-0.05, 0) is 68.2 Å². The monoisotopic (exact) mass is 972 g/mol. The van der Waals surface area contributed by atoms with E-state index in [0.717, 1.165) is 35.1 Å². The smallest absolute Gasteiger partial charge is 0.329 e. The van der Waals surface area contributed by atoms with Crippen LogP contribution in [0.1, 0.15) is 98.0 Å². The Kier molecular flexibility index (Phi) is 13.7. The van der Waals surface area contributed by atoms with Gasteiger partial charge in [0.15, 0.2) is 5.13 Å². The van der Waals surface area contributed by atoms with E-state index in [4.69, 9.17) is 19.4 Å². The van der Waals surface area contributed by atoms with E-state index in [1.54, 1.807) is 64.3 Å². The van der Waals surface area contributed by atoms with Crippen LogP contribution >= 0.6 is 11.3 Å². The highest BCUT2D eigenvalue weighted by Gasteiger charge is 2.62. The topological polar surface area (TPSA) is 239 Å². The number of thiazole rings is 1. The van der Waals surface area contributed by atoms with E-state index in [1.807, 2.05) is 25.3 Å². The normalized spacial score (nSPS) is 24.4. The maximum absolute atomic E-state index is 15.0. The van der Waals surface area contributed by atoms with Crippen molar-refractivity contribution >= 4 is 67.1 Å². The second kappa shape index (κ2) is 19.2. The quantitative estimate of drug-likeness (QED) is 0.122. The molecule has 0 radical (unpaired) electrons. The number of benzene rings is 2. The van der Waals surface area contributed by atoms with E-state index >= 15 is 4.79 Å². The van der Waals surface area contributed by atoms with E-state index < -0.39 is 74.9 Å². The van der Waals surface area contributed by atoms with Crippen molar-refractivity contribution in [2.75, 3.05) is 19.0 Å². The number of amides is 5. The van der Waals surface area contributed by atoms with Crippen LogP contribution in [0.25, 0.3) is 22.3 Å². The van der Waals surface area contributed by atoms with Crippen LogP contribution in [-0.4, -0.2) is 112 Å². The largest absolute Gasteiger partial charge is 0.497 e. The van der Waals surface area contributed by atoms with E-state index in [1.165, 1.54) is 22.3 Å². The molecule has 3 aliphatic heterocycles. The van der Waals surface area contributed by atoms with Gasteiger partial charge in [-0.1, -0.05) is 71.1 Å². The van der Waals surface area contributed by atoms with Gasteiger partial charge in [0.2, 0.25) is 11.8 Å². The number of carbonyl (C=O) groups excluding carboxylic acids is 4. The lowest BCUT2D eigenvalue weighted by Crippen LogP contribution is -2.60. The highest BCUT2D eigenvalue weighted by Crippen LogP contribution is 2.48. The lowest BCUT2D eigenvalue weighted by molar-refractivity contribution is -0.145. The Bertz CT molecular complexity index is 2720. The third-order valence-electron chi connectivity index (χ3n) is 13.3. The Morgan fingerprint density at radius 1 is 0.985 bits per heavy atom. The molecule has 4 aliphatic rings. The fourth-order valence-electron chi connectivity index (χ4n) is 9.53. The van der Waals surface area contributed by atoms with E-state index in [0.29, 0.717) is 52.2 Å². The third kappa shape index (κ3) is 9.93. The van der Waals surface area contributed by atoms with Crippen molar-refractivity contribution in [3.63, 3.8) is 0 Å². The van der Waals surface area contributed by atoms with Gasteiger partial charge in [-0.25, -0.2) is 32.3 Å². The molecular weight excluding hydrogens is 913 g/mol. The zero-order valence-corrected chi connectivity index (χ0v) is 40.8. The summed E-state index contributed by atoms with van der Waals surface area (Å²) in [5.74, 6) is -2.46. The summed E-state index contributed by atoms with van der Waals surface area (Å²) in [6.07, 6.45) is 3.99. The predicted molar refractivity (Wildman–Crippen MR) is 255 cm³/mol. The molecular formula is C48H60N8O10S2. The van der Waals surface area contributed by atoms with Crippen molar-refractivity contribution in [2.24, 2.45) is 11.3 Å². The van der Waals surface area contributed by atoms with E-state index in [2.05, 4.69) is 21.3 Å². The maximum atomic E-state index is 15.0. The number of rotatable bonds is 10. The molecule has 2 aromatic carbocycles. The van der Waals surface area contributed by atoms with E-state index in [-0.39, 0.29) is 49.2 Å². The first-order valence-corrected chi connectivity index (χ1v) is 25.6. The molecule has 1 unspecified atom stereocenters. The average molecular weight is 973 g/mol. The summed E-state index contributed by atoms with van der Waals surface area (Å²) in [4.78, 5) is 81.6. The number of aromatic nitrogens is 2. The number of carboxylic acids is 1. The number of nitrogens with one attached hydrogen (secondary N) is 4. The minimum absolute atomic E-state index is 0.00137. The third-order valence-corrected chi connectivity index (χ3v) is 15.9. The van der Waals surface area contributed by atoms with Gasteiger partial charge < -0.3 is 40.7 Å². The first-order chi connectivity index (χ1) is 32.3. The second-order valence-electron chi connectivity index (χ2n) is 19.6. The molecule has 5 amide bonds. The van der Waals surface area contributed by atoms with Gasteiger partial charge in [-0.3, -0.25) is 14.4 Å². The van der Waals surface area contributed by atoms with Gasteiger partial charge in [0.1, 0.15) is 47.0 Å². The van der Waals surface area contributed by atoms with Crippen molar-refractivity contribution < 1.29 is 47.0 Å². The summed E-state index contributed by atoms with van der Waals surface area (Å²) in [5, 5.41) is 25.3. The van der Waals surface area contributed by atoms with Crippen LogP contribution < -0.4 is 30.7 Å². The highest BCUT2D eigenvalue weighted by atomic mass is 32.2. The Hall–Kier alpha value is -6.02. The Morgan fingerprint density at radius 3 is 2.43 bits per heavy atom. The molecule has 1 saturated carbocycles. The standard InChI is InChI=1S/C48H60N8O10S2/c1-27(2)49-46-52-36(26-67-46)35-22-38(32-19-18-30(65-6)20-34(32)50-35)66-31-21-37-41(57)54-48(44(60)61)23-29(48)15-10-8-7-9-11-16-33(42(58)55(37)25-31)51-45(62)53-40(47(3,4)5)43(59)56-24-28-14-12-13-17-39(28)68(56,63)64/h12-14,17-20,22,26-27,29,31,33,37,40H,7-11,15-16,21,23-25H2,1-6H3,(H,49,52)(H,54,57)(H,60,61)(H2,51,53,62)/t29?,31-,33+,37+,40-,48-/m1/s1. The number of hydrogen-bond acceptors (Lipinski definition) is 13. The van der Waals surface area contributed by atoms with Crippen LogP contribution in [0.2, 0.25) is 0 Å². The number of nitrogens with zero attached hydrogens (tertiary/aromatic N) is 4. The molecule has 2 saturated heterocycles.